The topological polar surface area (TPSA) is 34.0 Å². The zero-order valence-corrected chi connectivity index (χ0v) is 16.2. The Kier molecular flexibility index (Phi) is 6.70. The van der Waals surface area contributed by atoms with Gasteiger partial charge in [0.15, 0.2) is 0 Å². The molecule has 0 bridgehead atoms. The Morgan fingerprint density at radius 2 is 1.38 bits per heavy atom. The molecule has 3 nitrogen and oxygen atoms in total. The van der Waals surface area contributed by atoms with Crippen LogP contribution < -0.4 is 4.74 Å². The predicted molar refractivity (Wildman–Crippen MR) is 110 cm³/mol. The number of rotatable bonds is 5. The van der Waals surface area contributed by atoms with Crippen molar-refractivity contribution in [2.24, 2.45) is 10.2 Å². The lowest BCUT2D eigenvalue weighted by Gasteiger charge is -2.02. The Bertz CT molecular complexity index is 1040. The van der Waals surface area contributed by atoms with E-state index in [0.717, 1.165) is 12.2 Å². The van der Waals surface area contributed by atoms with Gasteiger partial charge in [-0.2, -0.15) is 10.2 Å². The third kappa shape index (κ3) is 5.49. The van der Waals surface area contributed by atoms with E-state index >= 15 is 0 Å². The number of ether oxygens (including phenoxy) is 1. The van der Waals surface area contributed by atoms with Crippen molar-refractivity contribution in [3.63, 3.8) is 0 Å². The number of hydrogen-bond acceptors (Lipinski definition) is 3. The molecule has 0 aromatic heterocycles. The molecule has 0 aliphatic heterocycles. The molecule has 0 radical (unpaired) electrons. The molecule has 0 N–H and O–H groups in total. The maximum atomic E-state index is 14.1. The van der Waals surface area contributed by atoms with Crippen LogP contribution >= 0.6 is 0 Å². The van der Waals surface area contributed by atoms with Gasteiger partial charge in [0.25, 0.3) is 0 Å². The van der Waals surface area contributed by atoms with E-state index in [0.29, 0.717) is 28.9 Å². The zero-order valence-electron chi connectivity index (χ0n) is 16.2. The summed E-state index contributed by atoms with van der Waals surface area (Å²) in [6.07, 6.45) is 1.46. The monoisotopic (exact) mass is 390 g/mol. The van der Waals surface area contributed by atoms with Crippen LogP contribution in [0, 0.1) is 23.5 Å². The van der Waals surface area contributed by atoms with Crippen LogP contribution in [0.1, 0.15) is 30.0 Å². The molecule has 29 heavy (non-hydrogen) atoms. The second-order valence-corrected chi connectivity index (χ2v) is 6.38. The normalized spacial score (nSPS) is 10.6. The first-order chi connectivity index (χ1) is 14.1. The number of azo groups is 1. The number of halogens is 2. The van der Waals surface area contributed by atoms with E-state index in [1.54, 1.807) is 55.6 Å². The highest BCUT2D eigenvalue weighted by atomic mass is 19.1. The quantitative estimate of drug-likeness (QED) is 0.351. The highest BCUT2D eigenvalue weighted by Gasteiger charge is 2.08. The molecule has 0 aliphatic rings. The third-order valence-electron chi connectivity index (χ3n) is 4.19. The fourth-order valence-electron chi connectivity index (χ4n) is 2.69. The Hall–Kier alpha value is -3.52. The summed E-state index contributed by atoms with van der Waals surface area (Å²) in [6.45, 7) is 1.96. The van der Waals surface area contributed by atoms with Gasteiger partial charge in [-0.15, -0.1) is 0 Å². The second kappa shape index (κ2) is 9.61. The molecule has 0 amide bonds. The molecule has 3 rings (SSSR count). The van der Waals surface area contributed by atoms with Crippen molar-refractivity contribution in [3.05, 3.63) is 89.0 Å². The minimum absolute atomic E-state index is 0.215. The van der Waals surface area contributed by atoms with Crippen molar-refractivity contribution in [2.75, 3.05) is 7.11 Å². The van der Waals surface area contributed by atoms with Gasteiger partial charge in [-0.3, -0.25) is 0 Å². The van der Waals surface area contributed by atoms with E-state index < -0.39 is 11.6 Å². The molecule has 0 saturated carbocycles. The van der Waals surface area contributed by atoms with Crippen LogP contribution in [0.15, 0.2) is 70.9 Å². The van der Waals surface area contributed by atoms with E-state index in [1.165, 1.54) is 12.1 Å². The van der Waals surface area contributed by atoms with Crippen LogP contribution in [0.25, 0.3) is 0 Å². The minimum atomic E-state index is -0.633. The van der Waals surface area contributed by atoms with Gasteiger partial charge in [-0.1, -0.05) is 25.2 Å². The Morgan fingerprint density at radius 3 is 1.90 bits per heavy atom. The van der Waals surface area contributed by atoms with Crippen molar-refractivity contribution in [1.82, 2.24) is 0 Å². The highest BCUT2D eigenvalue weighted by molar-refractivity contribution is 5.49. The molecule has 0 aliphatic carbocycles. The van der Waals surface area contributed by atoms with Gasteiger partial charge >= 0.3 is 0 Å². The summed E-state index contributed by atoms with van der Waals surface area (Å²) in [5.74, 6) is 4.86. The van der Waals surface area contributed by atoms with Gasteiger partial charge in [0.2, 0.25) is 0 Å². The standard InChI is InChI=1S/C24H20F2N2O/c1-3-4-18-15-23(25)22(24(26)16-18)14-7-17-5-8-19(9-6-17)27-28-20-10-12-21(29-2)13-11-20/h5-6,8-13,15-16H,3-4H2,1-2H3. The molecule has 0 atom stereocenters. The van der Waals surface area contributed by atoms with Crippen LogP contribution in [-0.4, -0.2) is 7.11 Å². The summed E-state index contributed by atoms with van der Waals surface area (Å²) in [5, 5.41) is 8.32. The number of benzene rings is 3. The van der Waals surface area contributed by atoms with Gasteiger partial charge in [0.1, 0.15) is 17.4 Å². The number of aryl methyl sites for hydroxylation is 1. The lowest BCUT2D eigenvalue weighted by Crippen LogP contribution is -1.94. The largest absolute Gasteiger partial charge is 0.497 e. The van der Waals surface area contributed by atoms with Crippen LogP contribution in [0.5, 0.6) is 5.75 Å². The van der Waals surface area contributed by atoms with Crippen molar-refractivity contribution >= 4 is 11.4 Å². The van der Waals surface area contributed by atoms with E-state index in [4.69, 9.17) is 4.74 Å². The maximum absolute atomic E-state index is 14.1. The molecule has 3 aromatic rings. The second-order valence-electron chi connectivity index (χ2n) is 6.38. The summed E-state index contributed by atoms with van der Waals surface area (Å²) in [6, 6.07) is 16.9. The molecule has 0 spiro atoms. The molecular weight excluding hydrogens is 370 g/mol. The van der Waals surface area contributed by atoms with E-state index in [2.05, 4.69) is 22.1 Å². The minimum Gasteiger partial charge on any atom is -0.497 e. The van der Waals surface area contributed by atoms with Crippen molar-refractivity contribution in [3.8, 4) is 17.6 Å². The third-order valence-corrected chi connectivity index (χ3v) is 4.19. The fourth-order valence-corrected chi connectivity index (χ4v) is 2.69. The first kappa shape index (κ1) is 20.2. The van der Waals surface area contributed by atoms with E-state index in [-0.39, 0.29) is 5.56 Å². The Labute approximate surface area is 169 Å². The van der Waals surface area contributed by atoms with Crippen molar-refractivity contribution in [2.45, 2.75) is 19.8 Å². The Morgan fingerprint density at radius 1 is 0.828 bits per heavy atom. The number of methoxy groups -OCH3 is 1. The highest BCUT2D eigenvalue weighted by Crippen LogP contribution is 2.21. The van der Waals surface area contributed by atoms with Gasteiger partial charge in [-0.25, -0.2) is 8.78 Å². The molecule has 0 heterocycles. The van der Waals surface area contributed by atoms with Crippen molar-refractivity contribution in [1.29, 1.82) is 0 Å². The van der Waals surface area contributed by atoms with E-state index in [1.807, 2.05) is 6.92 Å². The van der Waals surface area contributed by atoms with Gasteiger partial charge in [0.05, 0.1) is 24.0 Å². The molecule has 0 saturated heterocycles. The van der Waals surface area contributed by atoms with Gasteiger partial charge < -0.3 is 4.74 Å². The molecular formula is C24H20F2N2O. The number of hydrogen-bond donors (Lipinski definition) is 0. The van der Waals surface area contributed by atoms with E-state index in [9.17, 15) is 8.78 Å². The van der Waals surface area contributed by atoms with Gasteiger partial charge in [-0.05, 0) is 72.6 Å². The molecule has 3 aromatic carbocycles. The summed E-state index contributed by atoms with van der Waals surface area (Å²) < 4.78 is 33.4. The van der Waals surface area contributed by atoms with Crippen LogP contribution in [-0.2, 0) is 6.42 Å². The summed E-state index contributed by atoms with van der Waals surface area (Å²) >= 11 is 0. The molecule has 0 fully saturated rings. The molecule has 0 unspecified atom stereocenters. The lowest BCUT2D eigenvalue weighted by atomic mass is 10.1. The van der Waals surface area contributed by atoms with Gasteiger partial charge in [0, 0.05) is 5.56 Å². The molecule has 5 heteroatoms. The summed E-state index contributed by atoms with van der Waals surface area (Å²) in [7, 11) is 1.60. The maximum Gasteiger partial charge on any atom is 0.142 e. The first-order valence-electron chi connectivity index (χ1n) is 9.25. The molecule has 146 valence electrons. The number of nitrogens with zero attached hydrogens (tertiary/aromatic N) is 2. The first-order valence-corrected chi connectivity index (χ1v) is 9.25. The average molecular weight is 390 g/mol. The van der Waals surface area contributed by atoms with Crippen LogP contribution in [0.2, 0.25) is 0 Å². The fraction of sp³-hybridized carbons (Fsp3) is 0.167. The SMILES string of the molecule is CCCc1cc(F)c(C#Cc2ccc(N=Nc3ccc(OC)cc3)cc2)c(F)c1. The van der Waals surface area contributed by atoms with Crippen LogP contribution in [0.3, 0.4) is 0 Å². The van der Waals surface area contributed by atoms with Crippen LogP contribution in [0.4, 0.5) is 20.2 Å². The summed E-state index contributed by atoms with van der Waals surface area (Å²) in [5.41, 5.74) is 2.40. The summed E-state index contributed by atoms with van der Waals surface area (Å²) in [4.78, 5) is 0. The smallest absolute Gasteiger partial charge is 0.142 e. The average Bonchev–Trinajstić information content (AvgIpc) is 2.73. The lowest BCUT2D eigenvalue weighted by molar-refractivity contribution is 0.415. The Balaban J connectivity index is 1.72. The van der Waals surface area contributed by atoms with Crippen molar-refractivity contribution < 1.29 is 13.5 Å². The zero-order chi connectivity index (χ0) is 20.6. The predicted octanol–water partition coefficient (Wildman–Crippen LogP) is 6.74.